The molecule has 136 valence electrons. The highest BCUT2D eigenvalue weighted by molar-refractivity contribution is 5.90. The highest BCUT2D eigenvalue weighted by Gasteiger charge is 2.62. The Balaban J connectivity index is 1.84. The van der Waals surface area contributed by atoms with Crippen molar-refractivity contribution >= 4 is 11.9 Å². The number of rotatable bonds is 1. The molecule has 0 radical (unpaired) electrons. The van der Waals surface area contributed by atoms with Crippen molar-refractivity contribution in [2.45, 2.75) is 64.6 Å². The van der Waals surface area contributed by atoms with E-state index in [1.807, 2.05) is 13.8 Å². The molecule has 2 N–H and O–H groups in total. The molecule has 1 saturated carbocycles. The first kappa shape index (κ1) is 16.8. The number of hydrogen-bond acceptors (Lipinski definition) is 4. The zero-order valence-electron chi connectivity index (χ0n) is 14.9. The molecule has 25 heavy (non-hydrogen) atoms. The monoisotopic (exact) mass is 346 g/mol. The second kappa shape index (κ2) is 5.19. The minimum absolute atomic E-state index is 0.122. The van der Waals surface area contributed by atoms with Crippen molar-refractivity contribution in [3.8, 4) is 0 Å². The number of aliphatic hydroxyl groups is 1. The summed E-state index contributed by atoms with van der Waals surface area (Å²) in [5, 5.41) is 20.8. The fourth-order valence-corrected chi connectivity index (χ4v) is 6.17. The van der Waals surface area contributed by atoms with E-state index >= 15 is 0 Å². The molecule has 5 heteroatoms. The highest BCUT2D eigenvalue weighted by atomic mass is 16.5. The van der Waals surface area contributed by atoms with Gasteiger partial charge >= 0.3 is 11.9 Å². The predicted octanol–water partition coefficient (Wildman–Crippen LogP) is 2.84. The highest BCUT2D eigenvalue weighted by Crippen LogP contribution is 2.63. The second-order valence-electron chi connectivity index (χ2n) is 8.72. The second-order valence-corrected chi connectivity index (χ2v) is 8.72. The van der Waals surface area contributed by atoms with Crippen molar-refractivity contribution in [2.24, 2.45) is 22.7 Å². The van der Waals surface area contributed by atoms with Crippen LogP contribution in [0.4, 0.5) is 0 Å². The van der Waals surface area contributed by atoms with Gasteiger partial charge in [0.2, 0.25) is 0 Å². The topological polar surface area (TPSA) is 83.8 Å². The van der Waals surface area contributed by atoms with Crippen LogP contribution in [0, 0.1) is 22.7 Å². The summed E-state index contributed by atoms with van der Waals surface area (Å²) < 4.78 is 5.68. The van der Waals surface area contributed by atoms with E-state index < -0.39 is 22.9 Å². The molecule has 0 aromatic heterocycles. The normalized spacial score (nSPS) is 46.2. The first-order valence-corrected chi connectivity index (χ1v) is 9.23. The third-order valence-electron chi connectivity index (χ3n) is 7.62. The molecule has 1 heterocycles. The summed E-state index contributed by atoms with van der Waals surface area (Å²) in [5.41, 5.74) is 1.32. The molecule has 5 nitrogen and oxygen atoms in total. The fraction of sp³-hybridized carbons (Fsp3) is 0.700. The van der Waals surface area contributed by atoms with Crippen molar-refractivity contribution < 1.29 is 24.5 Å². The Kier molecular flexibility index (Phi) is 3.50. The van der Waals surface area contributed by atoms with Gasteiger partial charge in [0.15, 0.2) is 0 Å². The van der Waals surface area contributed by atoms with Crippen LogP contribution in [0.25, 0.3) is 0 Å². The maximum Gasteiger partial charge on any atom is 0.334 e. The number of fused-ring (bicyclic) bond motifs is 5. The SMILES string of the molecule is C=C1C(=O)O[C@@H]2C[C@H]1CC1=C2[C@@]2(C)[C@H](O)CC[C@](C)(C(=O)O)[C@@H]2CC1. The van der Waals surface area contributed by atoms with Gasteiger partial charge in [-0.3, -0.25) is 4.79 Å². The van der Waals surface area contributed by atoms with E-state index in [9.17, 15) is 19.8 Å². The zero-order valence-corrected chi connectivity index (χ0v) is 14.9. The summed E-state index contributed by atoms with van der Waals surface area (Å²) in [6.45, 7) is 7.70. The minimum atomic E-state index is -0.856. The number of allylic oxidation sites excluding steroid dienone is 1. The van der Waals surface area contributed by atoms with Crippen molar-refractivity contribution in [1.82, 2.24) is 0 Å². The Labute approximate surface area is 147 Å². The van der Waals surface area contributed by atoms with E-state index in [2.05, 4.69) is 6.58 Å². The zero-order chi connectivity index (χ0) is 18.1. The number of esters is 1. The van der Waals surface area contributed by atoms with E-state index in [1.54, 1.807) is 0 Å². The van der Waals surface area contributed by atoms with Crippen LogP contribution >= 0.6 is 0 Å². The molecule has 4 rings (SSSR count). The van der Waals surface area contributed by atoms with Gasteiger partial charge in [0.25, 0.3) is 0 Å². The van der Waals surface area contributed by atoms with E-state index in [0.29, 0.717) is 24.8 Å². The van der Waals surface area contributed by atoms with Gasteiger partial charge in [-0.05, 0) is 62.9 Å². The summed E-state index contributed by atoms with van der Waals surface area (Å²) >= 11 is 0. The molecule has 0 unspecified atom stereocenters. The molecule has 2 fully saturated rings. The van der Waals surface area contributed by atoms with Gasteiger partial charge in [-0.15, -0.1) is 0 Å². The van der Waals surface area contributed by atoms with Crippen molar-refractivity contribution in [1.29, 1.82) is 0 Å². The van der Waals surface area contributed by atoms with Gasteiger partial charge in [-0.2, -0.15) is 0 Å². The first-order valence-electron chi connectivity index (χ1n) is 9.23. The van der Waals surface area contributed by atoms with Gasteiger partial charge in [-0.25, -0.2) is 4.79 Å². The number of carboxylic acid groups (broad SMARTS) is 1. The number of hydrogen-bond donors (Lipinski definition) is 2. The average Bonchev–Trinajstić information content (AvgIpc) is 2.56. The Bertz CT molecular complexity index is 707. The molecular formula is C20H26O5. The van der Waals surface area contributed by atoms with Gasteiger partial charge in [0, 0.05) is 11.0 Å². The molecule has 4 aliphatic rings. The summed E-state index contributed by atoms with van der Waals surface area (Å²) in [6, 6.07) is 0. The molecule has 0 aromatic rings. The molecule has 1 saturated heterocycles. The predicted molar refractivity (Wildman–Crippen MR) is 90.6 cm³/mol. The number of carboxylic acids is 1. The third-order valence-corrected chi connectivity index (χ3v) is 7.62. The summed E-state index contributed by atoms with van der Waals surface area (Å²) in [7, 11) is 0. The van der Waals surface area contributed by atoms with Crippen LogP contribution in [0.5, 0.6) is 0 Å². The van der Waals surface area contributed by atoms with Crippen molar-refractivity contribution in [3.63, 3.8) is 0 Å². The van der Waals surface area contributed by atoms with Crippen LogP contribution < -0.4 is 0 Å². The van der Waals surface area contributed by atoms with Crippen LogP contribution in [0.3, 0.4) is 0 Å². The van der Waals surface area contributed by atoms with Crippen LogP contribution in [-0.4, -0.2) is 34.4 Å². The summed E-state index contributed by atoms with van der Waals surface area (Å²) in [6.07, 6.45) is 3.08. The smallest absolute Gasteiger partial charge is 0.334 e. The lowest BCUT2D eigenvalue weighted by atomic mass is 9.46. The molecule has 6 atom stereocenters. The standard InChI is InChI=1S/C20H26O5/c1-10-12-8-11-4-5-14-19(2,18(23)24)7-6-15(21)20(14,3)16(11)13(9-12)25-17(10)22/h12-15,21H,1,4-9H2,2-3H3,(H,23,24)/t12-,13-,14+,15-,19+,20-/m1/s1. The lowest BCUT2D eigenvalue weighted by molar-refractivity contribution is -0.171. The van der Waals surface area contributed by atoms with E-state index in [0.717, 1.165) is 24.8 Å². The van der Waals surface area contributed by atoms with E-state index in [1.165, 1.54) is 5.57 Å². The fourth-order valence-electron chi connectivity index (χ4n) is 6.17. The lowest BCUT2D eigenvalue weighted by Gasteiger charge is -2.59. The van der Waals surface area contributed by atoms with Gasteiger partial charge < -0.3 is 14.9 Å². The number of aliphatic hydroxyl groups excluding tert-OH is 1. The Morgan fingerprint density at radius 2 is 2.04 bits per heavy atom. The van der Waals surface area contributed by atoms with Crippen LogP contribution in [0.1, 0.15) is 52.4 Å². The molecule has 0 aromatic carbocycles. The summed E-state index contributed by atoms with van der Waals surface area (Å²) in [5.74, 6) is -1.16. The van der Waals surface area contributed by atoms with Crippen molar-refractivity contribution in [2.75, 3.05) is 0 Å². The Hall–Kier alpha value is -1.62. The average molecular weight is 346 g/mol. The number of carbonyl (C=O) groups excluding carboxylic acids is 1. The quantitative estimate of drug-likeness (QED) is 0.433. The Morgan fingerprint density at radius 3 is 2.72 bits per heavy atom. The number of aliphatic carboxylic acids is 1. The third kappa shape index (κ3) is 2.05. The molecule has 0 amide bonds. The lowest BCUT2D eigenvalue weighted by Crippen LogP contribution is -2.59. The van der Waals surface area contributed by atoms with E-state index in [-0.39, 0.29) is 23.9 Å². The van der Waals surface area contributed by atoms with Gasteiger partial charge in [-0.1, -0.05) is 19.1 Å². The Morgan fingerprint density at radius 1 is 1.32 bits per heavy atom. The van der Waals surface area contributed by atoms with Crippen molar-refractivity contribution in [3.05, 3.63) is 23.3 Å². The molecule has 2 bridgehead atoms. The van der Waals surface area contributed by atoms with Gasteiger partial charge in [0.05, 0.1) is 11.5 Å². The number of ether oxygens (including phenoxy) is 1. The van der Waals surface area contributed by atoms with Crippen LogP contribution in [0.15, 0.2) is 23.3 Å². The molecule has 0 spiro atoms. The van der Waals surface area contributed by atoms with Crippen LogP contribution in [-0.2, 0) is 14.3 Å². The number of carbonyl (C=O) groups is 2. The minimum Gasteiger partial charge on any atom is -0.481 e. The molecular weight excluding hydrogens is 320 g/mol. The van der Waals surface area contributed by atoms with Crippen LogP contribution in [0.2, 0.25) is 0 Å². The maximum absolute atomic E-state index is 12.2. The maximum atomic E-state index is 12.2. The largest absolute Gasteiger partial charge is 0.481 e. The molecule has 1 aliphatic heterocycles. The van der Waals surface area contributed by atoms with E-state index in [4.69, 9.17) is 4.74 Å². The molecule has 3 aliphatic carbocycles. The summed E-state index contributed by atoms with van der Waals surface area (Å²) in [4.78, 5) is 24.2. The first-order chi connectivity index (χ1) is 11.7. The van der Waals surface area contributed by atoms with Gasteiger partial charge in [0.1, 0.15) is 6.10 Å².